The Morgan fingerprint density at radius 2 is 1.61 bits per heavy atom. The van der Waals surface area contributed by atoms with Crippen molar-refractivity contribution in [2.24, 2.45) is 0 Å². The molecule has 1 N–H and O–H groups in total. The predicted octanol–water partition coefficient (Wildman–Crippen LogP) is 4.33. The van der Waals surface area contributed by atoms with Crippen LogP contribution in [0.2, 0.25) is 0 Å². The van der Waals surface area contributed by atoms with Crippen molar-refractivity contribution < 1.29 is 14.0 Å². The maximum absolute atomic E-state index is 13.2. The number of amides is 2. The van der Waals surface area contributed by atoms with E-state index in [1.807, 2.05) is 54.3 Å². The minimum atomic E-state index is -0.493. The normalized spacial score (nSPS) is 15.5. The first kappa shape index (κ1) is 21.2. The molecular formula is C24H24FN3O2S. The lowest BCUT2D eigenvalue weighted by atomic mass is 10.0. The monoisotopic (exact) mass is 437 g/mol. The van der Waals surface area contributed by atoms with E-state index in [0.717, 1.165) is 15.3 Å². The van der Waals surface area contributed by atoms with Crippen molar-refractivity contribution in [3.63, 3.8) is 0 Å². The van der Waals surface area contributed by atoms with Crippen molar-refractivity contribution in [3.8, 4) is 0 Å². The van der Waals surface area contributed by atoms with Crippen LogP contribution in [-0.4, -0.2) is 47.8 Å². The van der Waals surface area contributed by atoms with E-state index in [1.54, 1.807) is 12.1 Å². The number of nitrogens with zero attached hydrogens (tertiary/aromatic N) is 2. The number of benzene rings is 2. The summed E-state index contributed by atoms with van der Waals surface area (Å²) in [6.07, 6.45) is 0. The van der Waals surface area contributed by atoms with Gasteiger partial charge in [-0.1, -0.05) is 30.3 Å². The zero-order valence-electron chi connectivity index (χ0n) is 17.3. The Balaban J connectivity index is 1.48. The number of piperazine rings is 1. The van der Waals surface area contributed by atoms with E-state index in [4.69, 9.17) is 0 Å². The molecule has 2 aromatic carbocycles. The number of thiophene rings is 1. The molecule has 2 amide bonds. The minimum Gasteiger partial charge on any atom is -0.335 e. The van der Waals surface area contributed by atoms with Gasteiger partial charge in [-0.05, 0) is 48.9 Å². The van der Waals surface area contributed by atoms with Crippen LogP contribution in [0.15, 0.2) is 66.7 Å². The average molecular weight is 438 g/mol. The van der Waals surface area contributed by atoms with Gasteiger partial charge < -0.3 is 10.2 Å². The summed E-state index contributed by atoms with van der Waals surface area (Å²) in [6, 6.07) is 18.7. The van der Waals surface area contributed by atoms with Crippen LogP contribution < -0.4 is 5.32 Å². The Morgan fingerprint density at radius 1 is 0.935 bits per heavy atom. The number of rotatable bonds is 5. The lowest BCUT2D eigenvalue weighted by molar-refractivity contribution is -0.122. The number of carbonyl (C=O) groups is 2. The third-order valence-electron chi connectivity index (χ3n) is 5.39. The number of hydrogen-bond acceptors (Lipinski definition) is 4. The molecule has 1 unspecified atom stereocenters. The lowest BCUT2D eigenvalue weighted by Crippen LogP contribution is -2.51. The lowest BCUT2D eigenvalue weighted by Gasteiger charge is -2.38. The van der Waals surface area contributed by atoms with Crippen molar-refractivity contribution in [2.75, 3.05) is 31.5 Å². The molecule has 7 heteroatoms. The van der Waals surface area contributed by atoms with E-state index in [2.05, 4.69) is 10.2 Å². The molecule has 160 valence electrons. The molecule has 2 heterocycles. The van der Waals surface area contributed by atoms with Crippen LogP contribution in [0.3, 0.4) is 0 Å². The van der Waals surface area contributed by atoms with Crippen LogP contribution in [0.25, 0.3) is 0 Å². The third kappa shape index (κ3) is 5.00. The summed E-state index contributed by atoms with van der Waals surface area (Å²) in [4.78, 5) is 31.8. The average Bonchev–Trinajstić information content (AvgIpc) is 3.22. The molecule has 0 radical (unpaired) electrons. The Morgan fingerprint density at radius 3 is 2.23 bits per heavy atom. The van der Waals surface area contributed by atoms with Crippen LogP contribution in [0, 0.1) is 12.7 Å². The first-order valence-electron chi connectivity index (χ1n) is 10.2. The second-order valence-corrected chi connectivity index (χ2v) is 8.84. The summed E-state index contributed by atoms with van der Waals surface area (Å²) >= 11 is 1.50. The summed E-state index contributed by atoms with van der Waals surface area (Å²) in [6.45, 7) is 4.29. The van der Waals surface area contributed by atoms with Crippen molar-refractivity contribution in [2.45, 2.75) is 13.0 Å². The van der Waals surface area contributed by atoms with E-state index in [0.29, 0.717) is 31.9 Å². The van der Waals surface area contributed by atoms with Gasteiger partial charge in [0.2, 0.25) is 5.91 Å². The molecule has 0 aliphatic carbocycles. The van der Waals surface area contributed by atoms with Gasteiger partial charge in [-0.2, -0.15) is 0 Å². The van der Waals surface area contributed by atoms with Gasteiger partial charge in [-0.15, -0.1) is 11.3 Å². The highest BCUT2D eigenvalue weighted by Crippen LogP contribution is 2.25. The summed E-state index contributed by atoms with van der Waals surface area (Å²) in [5.74, 6) is -0.476. The molecule has 4 rings (SSSR count). The second kappa shape index (κ2) is 9.41. The molecular weight excluding hydrogens is 413 g/mol. The van der Waals surface area contributed by atoms with Crippen LogP contribution in [0.1, 0.15) is 26.2 Å². The van der Waals surface area contributed by atoms with E-state index in [1.165, 1.54) is 23.5 Å². The predicted molar refractivity (Wildman–Crippen MR) is 121 cm³/mol. The Hall–Kier alpha value is -3.03. The number of hydrogen-bond donors (Lipinski definition) is 1. The summed E-state index contributed by atoms with van der Waals surface area (Å²) in [7, 11) is 0. The molecule has 1 aliphatic rings. The highest BCUT2D eigenvalue weighted by atomic mass is 32.1. The van der Waals surface area contributed by atoms with E-state index >= 15 is 0 Å². The highest BCUT2D eigenvalue weighted by Gasteiger charge is 2.32. The third-order valence-corrected chi connectivity index (χ3v) is 6.38. The molecule has 1 fully saturated rings. The summed E-state index contributed by atoms with van der Waals surface area (Å²) in [5, 5.41) is 2.90. The van der Waals surface area contributed by atoms with Crippen molar-refractivity contribution in [1.29, 1.82) is 0 Å². The van der Waals surface area contributed by atoms with Crippen LogP contribution in [-0.2, 0) is 4.79 Å². The van der Waals surface area contributed by atoms with Gasteiger partial charge in [0.25, 0.3) is 5.91 Å². The fourth-order valence-corrected chi connectivity index (χ4v) is 4.63. The van der Waals surface area contributed by atoms with Crippen molar-refractivity contribution in [3.05, 3.63) is 87.9 Å². The number of carbonyl (C=O) groups excluding carboxylic acids is 2. The number of nitrogens with one attached hydrogen (secondary N) is 1. The maximum atomic E-state index is 13.2. The zero-order chi connectivity index (χ0) is 21.8. The zero-order valence-corrected chi connectivity index (χ0v) is 18.1. The van der Waals surface area contributed by atoms with E-state index in [-0.39, 0.29) is 17.6 Å². The Bertz CT molecular complexity index is 1040. The molecule has 1 saturated heterocycles. The van der Waals surface area contributed by atoms with Crippen LogP contribution >= 0.6 is 11.3 Å². The number of aryl methyl sites for hydroxylation is 1. The largest absolute Gasteiger partial charge is 0.335 e. The van der Waals surface area contributed by atoms with Gasteiger partial charge in [-0.3, -0.25) is 14.5 Å². The van der Waals surface area contributed by atoms with E-state index in [9.17, 15) is 14.0 Å². The minimum absolute atomic E-state index is 0.0461. The maximum Gasteiger partial charge on any atom is 0.264 e. The quantitative estimate of drug-likeness (QED) is 0.646. The van der Waals surface area contributed by atoms with Gasteiger partial charge in [0.15, 0.2) is 0 Å². The molecule has 1 aliphatic heterocycles. The van der Waals surface area contributed by atoms with Gasteiger partial charge in [0.05, 0.1) is 4.88 Å². The molecule has 0 spiro atoms. The first-order chi connectivity index (χ1) is 15.0. The summed E-state index contributed by atoms with van der Waals surface area (Å²) < 4.78 is 13.2. The summed E-state index contributed by atoms with van der Waals surface area (Å²) in [5.41, 5.74) is 1.44. The Kier molecular flexibility index (Phi) is 6.44. The molecule has 0 saturated carbocycles. The van der Waals surface area contributed by atoms with Gasteiger partial charge >= 0.3 is 0 Å². The fraction of sp³-hybridized carbons (Fsp3) is 0.250. The number of anilines is 1. The molecule has 1 aromatic heterocycles. The molecule has 3 aromatic rings. The molecule has 5 nitrogen and oxygen atoms in total. The fourth-order valence-electron chi connectivity index (χ4n) is 3.80. The Labute approximate surface area is 185 Å². The van der Waals surface area contributed by atoms with Crippen molar-refractivity contribution in [1.82, 2.24) is 9.80 Å². The van der Waals surface area contributed by atoms with Gasteiger partial charge in [0.1, 0.15) is 11.9 Å². The van der Waals surface area contributed by atoms with Gasteiger partial charge in [0, 0.05) is 36.7 Å². The van der Waals surface area contributed by atoms with Crippen LogP contribution in [0.5, 0.6) is 0 Å². The van der Waals surface area contributed by atoms with Crippen molar-refractivity contribution >= 4 is 28.8 Å². The van der Waals surface area contributed by atoms with Crippen LogP contribution in [0.4, 0.5) is 10.1 Å². The second-order valence-electron chi connectivity index (χ2n) is 7.55. The standard InChI is InChI=1S/C24H24FN3O2S/c1-17-7-12-21(31-17)24(30)28-15-13-27(14-16-28)22(18-5-3-2-4-6-18)23(29)26-20-10-8-19(25)9-11-20/h2-12,22H,13-16H2,1H3,(H,26,29). The topological polar surface area (TPSA) is 52.7 Å². The molecule has 1 atom stereocenters. The SMILES string of the molecule is Cc1ccc(C(=O)N2CCN(C(C(=O)Nc3ccc(F)cc3)c3ccccc3)CC2)s1. The number of halogens is 1. The first-order valence-corrected chi connectivity index (χ1v) is 11.0. The highest BCUT2D eigenvalue weighted by molar-refractivity contribution is 7.13. The molecule has 31 heavy (non-hydrogen) atoms. The molecule has 0 bridgehead atoms. The smallest absolute Gasteiger partial charge is 0.264 e. The van der Waals surface area contributed by atoms with Gasteiger partial charge in [-0.25, -0.2) is 4.39 Å². The van der Waals surface area contributed by atoms with E-state index < -0.39 is 6.04 Å².